The van der Waals surface area contributed by atoms with Gasteiger partial charge in [-0.2, -0.15) is 0 Å². The maximum absolute atomic E-state index is 12.1. The first-order valence-electron chi connectivity index (χ1n) is 6.34. The molecule has 1 saturated carbocycles. The van der Waals surface area contributed by atoms with Crippen molar-refractivity contribution in [1.29, 1.82) is 0 Å². The van der Waals surface area contributed by atoms with Crippen LogP contribution in [0.5, 0.6) is 0 Å². The Balaban J connectivity index is 2.37. The van der Waals surface area contributed by atoms with Gasteiger partial charge in [0.05, 0.1) is 11.0 Å². The number of unbranched alkanes of at least 4 members (excludes halogenated alkanes) is 2. The molecule has 0 aromatic rings. The highest BCUT2D eigenvalue weighted by atomic mass is 35.5. The lowest BCUT2D eigenvalue weighted by molar-refractivity contribution is 0.381. The number of rotatable bonds is 6. The molecule has 16 heavy (non-hydrogen) atoms. The van der Waals surface area contributed by atoms with Crippen molar-refractivity contribution in [2.24, 2.45) is 5.92 Å². The molecule has 0 spiro atoms. The lowest BCUT2D eigenvalue weighted by atomic mass is 9.91. The second-order valence-corrected chi connectivity index (χ2v) is 7.79. The molecule has 0 aromatic carbocycles. The fraction of sp³-hybridized carbons (Fsp3) is 1.00. The summed E-state index contributed by atoms with van der Waals surface area (Å²) < 4.78 is 24.1. The molecule has 0 N–H and O–H groups in total. The maximum atomic E-state index is 12.1. The van der Waals surface area contributed by atoms with Crippen molar-refractivity contribution in [3.63, 3.8) is 0 Å². The Bertz CT molecular complexity index is 287. The zero-order chi connectivity index (χ0) is 12.0. The summed E-state index contributed by atoms with van der Waals surface area (Å²) in [5, 5.41) is -0.0627. The van der Waals surface area contributed by atoms with Crippen molar-refractivity contribution in [2.45, 2.75) is 57.1 Å². The normalized spacial score (nSPS) is 26.9. The minimum Gasteiger partial charge on any atom is -0.229 e. The van der Waals surface area contributed by atoms with Gasteiger partial charge in [-0.25, -0.2) is 8.42 Å². The van der Waals surface area contributed by atoms with Gasteiger partial charge >= 0.3 is 0 Å². The molecule has 1 rings (SSSR count). The number of alkyl halides is 1. The van der Waals surface area contributed by atoms with Crippen LogP contribution in [0.15, 0.2) is 0 Å². The fourth-order valence-corrected chi connectivity index (χ4v) is 4.72. The van der Waals surface area contributed by atoms with Crippen LogP contribution in [0, 0.1) is 5.92 Å². The van der Waals surface area contributed by atoms with Gasteiger partial charge in [-0.1, -0.05) is 26.2 Å². The van der Waals surface area contributed by atoms with E-state index in [0.29, 0.717) is 17.6 Å². The molecule has 0 saturated heterocycles. The third-order valence-electron chi connectivity index (χ3n) is 3.46. The first-order chi connectivity index (χ1) is 7.56. The van der Waals surface area contributed by atoms with Crippen LogP contribution in [0.3, 0.4) is 0 Å². The molecule has 1 fully saturated rings. The Morgan fingerprint density at radius 2 is 1.94 bits per heavy atom. The van der Waals surface area contributed by atoms with Gasteiger partial charge in [0.1, 0.15) is 0 Å². The summed E-state index contributed by atoms with van der Waals surface area (Å²) >= 11 is 5.57. The largest absolute Gasteiger partial charge is 0.229 e. The van der Waals surface area contributed by atoms with Crippen LogP contribution in [0.4, 0.5) is 0 Å². The zero-order valence-electron chi connectivity index (χ0n) is 10.1. The predicted octanol–water partition coefficient (Wildman–Crippen LogP) is 3.39. The van der Waals surface area contributed by atoms with E-state index >= 15 is 0 Å². The molecule has 0 aromatic heterocycles. The number of halogens is 1. The molecule has 1 aliphatic carbocycles. The van der Waals surface area contributed by atoms with Crippen LogP contribution in [-0.2, 0) is 9.84 Å². The van der Waals surface area contributed by atoms with E-state index in [1.165, 1.54) is 6.42 Å². The Morgan fingerprint density at radius 1 is 1.19 bits per heavy atom. The Hall–Kier alpha value is 0.240. The molecule has 0 amide bonds. The number of hydrogen-bond acceptors (Lipinski definition) is 2. The van der Waals surface area contributed by atoms with Crippen LogP contribution in [-0.4, -0.2) is 25.3 Å². The number of sulfone groups is 1. The van der Waals surface area contributed by atoms with Crippen LogP contribution in [0.2, 0.25) is 0 Å². The van der Waals surface area contributed by atoms with Crippen molar-refractivity contribution in [3.05, 3.63) is 0 Å². The lowest BCUT2D eigenvalue weighted by Gasteiger charge is -2.26. The van der Waals surface area contributed by atoms with E-state index in [1.54, 1.807) is 0 Å². The minimum absolute atomic E-state index is 0.0627. The molecule has 0 radical (unpaired) electrons. The van der Waals surface area contributed by atoms with Gasteiger partial charge < -0.3 is 0 Å². The van der Waals surface area contributed by atoms with Gasteiger partial charge in [-0.15, -0.1) is 11.6 Å². The van der Waals surface area contributed by atoms with Gasteiger partial charge in [-0.3, -0.25) is 0 Å². The van der Waals surface area contributed by atoms with Crippen molar-refractivity contribution in [3.8, 4) is 0 Å². The molecule has 4 heteroatoms. The van der Waals surface area contributed by atoms with E-state index in [0.717, 1.165) is 38.5 Å². The van der Waals surface area contributed by atoms with E-state index in [9.17, 15) is 8.42 Å². The average molecular weight is 267 g/mol. The minimum atomic E-state index is -2.84. The van der Waals surface area contributed by atoms with Gasteiger partial charge in [0.2, 0.25) is 0 Å². The smallest absolute Gasteiger partial charge is 0.153 e. The van der Waals surface area contributed by atoms with Crippen LogP contribution < -0.4 is 0 Å². The average Bonchev–Trinajstić information content (AvgIpc) is 2.24. The predicted molar refractivity (Wildman–Crippen MR) is 69.8 cm³/mol. The highest BCUT2D eigenvalue weighted by molar-refractivity contribution is 7.92. The first kappa shape index (κ1) is 14.3. The topological polar surface area (TPSA) is 34.1 Å². The summed E-state index contributed by atoms with van der Waals surface area (Å²) in [6.45, 7) is 2.16. The van der Waals surface area contributed by atoms with Gasteiger partial charge in [-0.05, 0) is 31.6 Å². The van der Waals surface area contributed by atoms with E-state index in [4.69, 9.17) is 11.6 Å². The summed E-state index contributed by atoms with van der Waals surface area (Å²) in [5.41, 5.74) is 0. The number of hydrogen-bond donors (Lipinski definition) is 0. The van der Waals surface area contributed by atoms with Crippen molar-refractivity contribution in [1.82, 2.24) is 0 Å². The molecule has 2 unspecified atom stereocenters. The highest BCUT2D eigenvalue weighted by Crippen LogP contribution is 2.29. The van der Waals surface area contributed by atoms with Crippen molar-refractivity contribution >= 4 is 21.4 Å². The third kappa shape index (κ3) is 4.62. The van der Waals surface area contributed by atoms with E-state index in [-0.39, 0.29) is 5.25 Å². The quantitative estimate of drug-likeness (QED) is 0.546. The second kappa shape index (κ2) is 6.85. The molecule has 0 heterocycles. The molecule has 0 bridgehead atoms. The van der Waals surface area contributed by atoms with Crippen LogP contribution in [0.1, 0.15) is 51.9 Å². The van der Waals surface area contributed by atoms with E-state index in [1.807, 2.05) is 0 Å². The Kier molecular flexibility index (Phi) is 6.12. The zero-order valence-corrected chi connectivity index (χ0v) is 11.7. The van der Waals surface area contributed by atoms with Gasteiger partial charge in [0.25, 0.3) is 0 Å². The van der Waals surface area contributed by atoms with Crippen molar-refractivity contribution < 1.29 is 8.42 Å². The highest BCUT2D eigenvalue weighted by Gasteiger charge is 2.29. The molecule has 1 aliphatic rings. The molecule has 2 atom stereocenters. The standard InChI is InChI=1S/C12H23ClO2S/c1-11-6-5-7-12(10-11)16(14,15)9-4-2-3-8-13/h11-12H,2-10H2,1H3. The Morgan fingerprint density at radius 3 is 2.56 bits per heavy atom. The lowest BCUT2D eigenvalue weighted by Crippen LogP contribution is -2.29. The maximum Gasteiger partial charge on any atom is 0.153 e. The summed E-state index contributed by atoms with van der Waals surface area (Å²) in [5.74, 6) is 1.58. The third-order valence-corrected chi connectivity index (χ3v) is 6.03. The summed E-state index contributed by atoms with van der Waals surface area (Å²) in [7, 11) is -2.84. The molecule has 0 aliphatic heterocycles. The SMILES string of the molecule is CC1CCCC(S(=O)(=O)CCCCCCl)C1. The van der Waals surface area contributed by atoms with E-state index in [2.05, 4.69) is 6.92 Å². The fourth-order valence-electron chi connectivity index (χ4n) is 2.45. The Labute approximate surface area is 105 Å². The molecule has 96 valence electrons. The van der Waals surface area contributed by atoms with Crippen molar-refractivity contribution in [2.75, 3.05) is 11.6 Å². The first-order valence-corrected chi connectivity index (χ1v) is 8.59. The second-order valence-electron chi connectivity index (χ2n) is 5.01. The van der Waals surface area contributed by atoms with Crippen LogP contribution >= 0.6 is 11.6 Å². The molecular formula is C12H23ClO2S. The summed E-state index contributed by atoms with van der Waals surface area (Å²) in [4.78, 5) is 0. The van der Waals surface area contributed by atoms with Gasteiger partial charge in [0, 0.05) is 5.88 Å². The summed E-state index contributed by atoms with van der Waals surface area (Å²) in [6.07, 6.45) is 6.66. The van der Waals surface area contributed by atoms with Crippen LogP contribution in [0.25, 0.3) is 0 Å². The monoisotopic (exact) mass is 266 g/mol. The van der Waals surface area contributed by atoms with E-state index < -0.39 is 9.84 Å². The molecule has 2 nitrogen and oxygen atoms in total. The van der Waals surface area contributed by atoms with Gasteiger partial charge in [0.15, 0.2) is 9.84 Å². The summed E-state index contributed by atoms with van der Waals surface area (Å²) in [6, 6.07) is 0. The molecular weight excluding hydrogens is 244 g/mol.